The van der Waals surface area contributed by atoms with Gasteiger partial charge in [0, 0.05) is 5.56 Å². The van der Waals surface area contributed by atoms with Crippen molar-refractivity contribution in [2.24, 2.45) is 0 Å². The predicted molar refractivity (Wildman–Crippen MR) is 109 cm³/mol. The number of amides is 3. The standard InChI is InChI=1S/C22H24N2O6/c1-5-22(15-7-9-16(28-2)10-8-15)20(26)24(21(27)23-22)13-17(25)14-6-11-18(29-3)19(12-14)30-4/h6-12H,5,13H2,1-4H3,(H,23,27)/t22-/m0/s1. The van der Waals surface area contributed by atoms with Gasteiger partial charge in [-0.15, -0.1) is 0 Å². The molecule has 2 aromatic carbocycles. The van der Waals surface area contributed by atoms with Crippen molar-refractivity contribution < 1.29 is 28.6 Å². The van der Waals surface area contributed by atoms with Crippen LogP contribution in [0.25, 0.3) is 0 Å². The Kier molecular flexibility index (Phi) is 5.96. The molecule has 1 saturated heterocycles. The number of ether oxygens (including phenoxy) is 3. The molecule has 2 aromatic rings. The SMILES string of the molecule is CC[C@@]1(c2ccc(OC)cc2)NC(=O)N(CC(=O)c2ccc(OC)c(OC)c2)C1=O. The van der Waals surface area contributed by atoms with E-state index in [1.54, 1.807) is 43.5 Å². The number of rotatable bonds is 8. The van der Waals surface area contributed by atoms with Crippen LogP contribution in [0.4, 0.5) is 4.79 Å². The third-order valence-electron chi connectivity index (χ3n) is 5.30. The van der Waals surface area contributed by atoms with Gasteiger partial charge < -0.3 is 19.5 Å². The maximum atomic E-state index is 13.2. The molecule has 8 nitrogen and oxygen atoms in total. The van der Waals surface area contributed by atoms with E-state index >= 15 is 0 Å². The maximum absolute atomic E-state index is 13.2. The van der Waals surface area contributed by atoms with E-state index in [4.69, 9.17) is 14.2 Å². The molecule has 0 unspecified atom stereocenters. The molecule has 3 rings (SSSR count). The van der Waals surface area contributed by atoms with E-state index in [0.29, 0.717) is 34.8 Å². The van der Waals surface area contributed by atoms with Gasteiger partial charge in [-0.3, -0.25) is 14.5 Å². The first-order valence-electron chi connectivity index (χ1n) is 9.44. The molecule has 3 amide bonds. The minimum atomic E-state index is -1.22. The zero-order chi connectivity index (χ0) is 21.9. The van der Waals surface area contributed by atoms with E-state index in [-0.39, 0.29) is 12.3 Å². The van der Waals surface area contributed by atoms with Gasteiger partial charge in [0.15, 0.2) is 17.3 Å². The number of methoxy groups -OCH3 is 3. The monoisotopic (exact) mass is 412 g/mol. The molecule has 0 aliphatic carbocycles. The highest BCUT2D eigenvalue weighted by Crippen LogP contribution is 2.34. The number of carbonyl (C=O) groups excluding carboxylic acids is 3. The summed E-state index contributed by atoms with van der Waals surface area (Å²) in [5.41, 5.74) is -0.279. The van der Waals surface area contributed by atoms with Crippen LogP contribution >= 0.6 is 0 Å². The molecular formula is C22H24N2O6. The van der Waals surface area contributed by atoms with Crippen LogP contribution in [0.1, 0.15) is 29.3 Å². The van der Waals surface area contributed by atoms with Crippen molar-refractivity contribution in [3.63, 3.8) is 0 Å². The summed E-state index contributed by atoms with van der Waals surface area (Å²) in [4.78, 5) is 39.6. The van der Waals surface area contributed by atoms with Crippen LogP contribution in [0.15, 0.2) is 42.5 Å². The second-order valence-electron chi connectivity index (χ2n) is 6.80. The van der Waals surface area contributed by atoms with E-state index in [1.165, 1.54) is 20.3 Å². The van der Waals surface area contributed by atoms with Gasteiger partial charge in [0.25, 0.3) is 5.91 Å². The summed E-state index contributed by atoms with van der Waals surface area (Å²) in [6, 6.07) is 11.0. The van der Waals surface area contributed by atoms with Gasteiger partial charge in [0.2, 0.25) is 0 Å². The van der Waals surface area contributed by atoms with Crippen molar-refractivity contribution in [2.45, 2.75) is 18.9 Å². The molecule has 8 heteroatoms. The number of ketones is 1. The summed E-state index contributed by atoms with van der Waals surface area (Å²) >= 11 is 0. The summed E-state index contributed by atoms with van der Waals surface area (Å²) in [6.07, 6.45) is 0.338. The van der Waals surface area contributed by atoms with Crippen LogP contribution in [0.3, 0.4) is 0 Å². The maximum Gasteiger partial charge on any atom is 0.325 e. The molecule has 158 valence electrons. The average Bonchev–Trinajstić information content (AvgIpc) is 3.03. The molecule has 0 aromatic heterocycles. The van der Waals surface area contributed by atoms with Crippen LogP contribution in [-0.2, 0) is 10.3 Å². The van der Waals surface area contributed by atoms with Crippen LogP contribution < -0.4 is 19.5 Å². The first-order valence-corrected chi connectivity index (χ1v) is 9.44. The van der Waals surface area contributed by atoms with Gasteiger partial charge >= 0.3 is 6.03 Å². The summed E-state index contributed by atoms with van der Waals surface area (Å²) in [7, 11) is 4.51. The molecule has 0 radical (unpaired) electrons. The van der Waals surface area contributed by atoms with E-state index in [9.17, 15) is 14.4 Å². The highest BCUT2D eigenvalue weighted by atomic mass is 16.5. The van der Waals surface area contributed by atoms with Gasteiger partial charge in [-0.25, -0.2) is 4.79 Å². The lowest BCUT2D eigenvalue weighted by atomic mass is 9.87. The lowest BCUT2D eigenvalue weighted by molar-refractivity contribution is -0.131. The Morgan fingerprint density at radius 2 is 1.63 bits per heavy atom. The Bertz CT molecular complexity index is 972. The van der Waals surface area contributed by atoms with Crippen molar-refractivity contribution in [3.8, 4) is 17.2 Å². The topological polar surface area (TPSA) is 94.2 Å². The minimum Gasteiger partial charge on any atom is -0.497 e. The number of imide groups is 1. The van der Waals surface area contributed by atoms with Gasteiger partial charge in [-0.05, 0) is 42.3 Å². The lowest BCUT2D eigenvalue weighted by Crippen LogP contribution is -2.43. The summed E-state index contributed by atoms with van der Waals surface area (Å²) < 4.78 is 15.5. The van der Waals surface area contributed by atoms with Crippen molar-refractivity contribution in [3.05, 3.63) is 53.6 Å². The molecule has 0 saturated carbocycles. The molecule has 1 atom stereocenters. The minimum absolute atomic E-state index is 0.312. The number of hydrogen-bond donors (Lipinski definition) is 1. The molecule has 1 fully saturated rings. The third kappa shape index (κ3) is 3.56. The fraction of sp³-hybridized carbons (Fsp3) is 0.318. The van der Waals surface area contributed by atoms with Crippen LogP contribution in [0, 0.1) is 0 Å². The van der Waals surface area contributed by atoms with Gasteiger partial charge in [-0.1, -0.05) is 19.1 Å². The average molecular weight is 412 g/mol. The quantitative estimate of drug-likeness (QED) is 0.529. The lowest BCUT2D eigenvalue weighted by Gasteiger charge is -2.26. The Morgan fingerprint density at radius 3 is 2.20 bits per heavy atom. The number of urea groups is 1. The van der Waals surface area contributed by atoms with Crippen molar-refractivity contribution in [1.29, 1.82) is 0 Å². The normalized spacial score (nSPS) is 18.2. The van der Waals surface area contributed by atoms with Crippen molar-refractivity contribution >= 4 is 17.7 Å². The first kappa shape index (κ1) is 21.2. The third-order valence-corrected chi connectivity index (χ3v) is 5.30. The van der Waals surface area contributed by atoms with E-state index in [2.05, 4.69) is 5.32 Å². The number of hydrogen-bond acceptors (Lipinski definition) is 6. The number of nitrogens with one attached hydrogen (secondary N) is 1. The van der Waals surface area contributed by atoms with Crippen molar-refractivity contribution in [1.82, 2.24) is 10.2 Å². The summed E-state index contributed by atoms with van der Waals surface area (Å²) in [5, 5.41) is 2.77. The molecule has 0 bridgehead atoms. The highest BCUT2D eigenvalue weighted by Gasteiger charge is 2.51. The molecule has 1 aliphatic heterocycles. The Morgan fingerprint density at radius 1 is 0.967 bits per heavy atom. The number of benzene rings is 2. The second kappa shape index (κ2) is 8.44. The first-order chi connectivity index (χ1) is 14.4. The number of carbonyl (C=O) groups is 3. The Balaban J connectivity index is 1.86. The van der Waals surface area contributed by atoms with Gasteiger partial charge in [0.05, 0.1) is 27.9 Å². The van der Waals surface area contributed by atoms with Gasteiger partial charge in [0.1, 0.15) is 11.3 Å². The molecule has 1 heterocycles. The van der Waals surface area contributed by atoms with Crippen LogP contribution in [0.5, 0.6) is 17.2 Å². The largest absolute Gasteiger partial charge is 0.497 e. The molecular weight excluding hydrogens is 388 g/mol. The van der Waals surface area contributed by atoms with Gasteiger partial charge in [-0.2, -0.15) is 0 Å². The summed E-state index contributed by atoms with van der Waals surface area (Å²) in [6.45, 7) is 1.43. The smallest absolute Gasteiger partial charge is 0.325 e. The van der Waals surface area contributed by atoms with Crippen molar-refractivity contribution in [2.75, 3.05) is 27.9 Å². The van der Waals surface area contributed by atoms with Crippen LogP contribution in [0.2, 0.25) is 0 Å². The van der Waals surface area contributed by atoms with E-state index in [1.807, 2.05) is 6.92 Å². The zero-order valence-electron chi connectivity index (χ0n) is 17.4. The Hall–Kier alpha value is -3.55. The second-order valence-corrected chi connectivity index (χ2v) is 6.80. The molecule has 0 spiro atoms. The predicted octanol–water partition coefficient (Wildman–Crippen LogP) is 2.75. The zero-order valence-corrected chi connectivity index (χ0v) is 17.4. The summed E-state index contributed by atoms with van der Waals surface area (Å²) in [5.74, 6) is 0.660. The van der Waals surface area contributed by atoms with E-state index < -0.39 is 17.5 Å². The fourth-order valence-corrected chi connectivity index (χ4v) is 3.53. The molecule has 1 aliphatic rings. The van der Waals surface area contributed by atoms with Crippen LogP contribution in [-0.4, -0.2) is 50.5 Å². The number of Topliss-reactive ketones (excluding diaryl/α,β-unsaturated/α-hetero) is 1. The Labute approximate surface area is 174 Å². The molecule has 30 heavy (non-hydrogen) atoms. The number of nitrogens with zero attached hydrogens (tertiary/aromatic N) is 1. The van der Waals surface area contributed by atoms with E-state index in [0.717, 1.165) is 4.90 Å². The highest BCUT2D eigenvalue weighted by molar-refractivity contribution is 6.11. The fourth-order valence-electron chi connectivity index (χ4n) is 3.53. The molecule has 1 N–H and O–H groups in total.